The number of amides is 1. The van der Waals surface area contributed by atoms with Crippen molar-refractivity contribution in [3.8, 4) is 17.6 Å². The van der Waals surface area contributed by atoms with E-state index in [2.05, 4.69) is 32.7 Å². The van der Waals surface area contributed by atoms with Gasteiger partial charge in [-0.05, 0) is 68.0 Å². The molecular formula is C33H38F3N5O3. The van der Waals surface area contributed by atoms with E-state index in [-0.39, 0.29) is 18.5 Å². The first kappa shape index (κ1) is 30.2. The summed E-state index contributed by atoms with van der Waals surface area (Å²) in [5.74, 6) is 6.14. The Kier molecular flexibility index (Phi) is 8.65. The second-order valence-electron chi connectivity index (χ2n) is 11.8. The average molecular weight is 610 g/mol. The van der Waals surface area contributed by atoms with Crippen LogP contribution < -0.4 is 20.7 Å². The summed E-state index contributed by atoms with van der Waals surface area (Å²) >= 11 is 0. The van der Waals surface area contributed by atoms with E-state index in [9.17, 15) is 18.0 Å². The van der Waals surface area contributed by atoms with Gasteiger partial charge in [0.2, 0.25) is 0 Å². The van der Waals surface area contributed by atoms with Crippen LogP contribution in [0.4, 0.5) is 24.5 Å². The van der Waals surface area contributed by atoms with Crippen LogP contribution in [-0.2, 0) is 11.3 Å². The Morgan fingerprint density at radius 2 is 1.82 bits per heavy atom. The van der Waals surface area contributed by atoms with Crippen molar-refractivity contribution in [3.05, 3.63) is 53.7 Å². The van der Waals surface area contributed by atoms with Crippen molar-refractivity contribution in [1.29, 1.82) is 0 Å². The van der Waals surface area contributed by atoms with Crippen LogP contribution in [0.5, 0.6) is 5.75 Å². The Hall–Kier alpha value is -3.88. The number of hydrogen-bond donors (Lipinski definition) is 3. The molecule has 1 aliphatic carbocycles. The number of halogens is 3. The first-order valence-electron chi connectivity index (χ1n) is 15.2. The number of piperidine rings is 1. The van der Waals surface area contributed by atoms with Crippen molar-refractivity contribution >= 4 is 28.2 Å². The van der Waals surface area contributed by atoms with Gasteiger partial charge in [0.1, 0.15) is 12.3 Å². The lowest BCUT2D eigenvalue weighted by Crippen LogP contribution is -2.60. The maximum Gasteiger partial charge on any atom is 0.406 e. The molecule has 3 aromatic rings. The number of nitrogens with zero attached hydrogens (tertiary/aromatic N) is 2. The quantitative estimate of drug-likeness (QED) is 0.304. The topological polar surface area (TPSA) is 79.8 Å². The minimum absolute atomic E-state index is 0.169. The zero-order valence-electron chi connectivity index (χ0n) is 25.0. The smallest absolute Gasteiger partial charge is 0.406 e. The lowest BCUT2D eigenvalue weighted by atomic mass is 9.87. The zero-order valence-corrected chi connectivity index (χ0v) is 25.0. The highest BCUT2D eigenvalue weighted by Gasteiger charge is 2.41. The van der Waals surface area contributed by atoms with Crippen molar-refractivity contribution in [2.24, 2.45) is 0 Å². The van der Waals surface area contributed by atoms with Crippen molar-refractivity contribution in [2.45, 2.75) is 69.1 Å². The SMILES string of the molecule is CNC(=O)c1ccc(NCC#Cc2cc3c(NC4CCC(N5CC6C[C@H](C5)O6)CC4)cccc3n2CC(F)(F)F)c(OC)c1. The van der Waals surface area contributed by atoms with E-state index in [0.29, 0.717) is 46.5 Å². The van der Waals surface area contributed by atoms with Crippen molar-refractivity contribution < 1.29 is 27.4 Å². The monoisotopic (exact) mass is 609 g/mol. The number of anilines is 2. The predicted molar refractivity (Wildman–Crippen MR) is 164 cm³/mol. The van der Waals surface area contributed by atoms with Crippen LogP contribution in [0.1, 0.15) is 48.2 Å². The van der Waals surface area contributed by atoms with E-state index in [4.69, 9.17) is 9.47 Å². The van der Waals surface area contributed by atoms with Gasteiger partial charge in [-0.2, -0.15) is 13.2 Å². The van der Waals surface area contributed by atoms with E-state index in [0.717, 1.165) is 49.8 Å². The number of rotatable bonds is 8. The number of fused-ring (bicyclic) bond motifs is 3. The number of aromatic nitrogens is 1. The van der Waals surface area contributed by atoms with Gasteiger partial charge >= 0.3 is 6.18 Å². The van der Waals surface area contributed by atoms with Crippen molar-refractivity contribution in [3.63, 3.8) is 0 Å². The van der Waals surface area contributed by atoms with Gasteiger partial charge in [0.25, 0.3) is 5.91 Å². The first-order chi connectivity index (χ1) is 21.2. The number of nitrogens with one attached hydrogen (secondary N) is 3. The summed E-state index contributed by atoms with van der Waals surface area (Å²) in [4.78, 5) is 14.5. The molecule has 2 aromatic carbocycles. The van der Waals surface area contributed by atoms with Gasteiger partial charge in [-0.25, -0.2) is 0 Å². The van der Waals surface area contributed by atoms with Crippen molar-refractivity contribution in [2.75, 3.05) is 44.4 Å². The molecule has 44 heavy (non-hydrogen) atoms. The van der Waals surface area contributed by atoms with Gasteiger partial charge in [0.15, 0.2) is 0 Å². The summed E-state index contributed by atoms with van der Waals surface area (Å²) in [7, 11) is 3.05. The fraction of sp³-hybridized carbons (Fsp3) is 0.485. The molecule has 4 heterocycles. The third-order valence-electron chi connectivity index (χ3n) is 8.92. The number of alkyl halides is 3. The molecule has 2 bridgehead atoms. The first-order valence-corrected chi connectivity index (χ1v) is 15.2. The number of hydrogen-bond acceptors (Lipinski definition) is 6. The second-order valence-corrected chi connectivity index (χ2v) is 11.8. The molecule has 7 rings (SSSR count). The van der Waals surface area contributed by atoms with E-state index in [1.54, 1.807) is 43.4 Å². The molecule has 11 heteroatoms. The number of methoxy groups -OCH3 is 1. The molecule has 3 saturated heterocycles. The van der Waals surface area contributed by atoms with Crippen LogP contribution in [0.2, 0.25) is 0 Å². The van der Waals surface area contributed by atoms with Gasteiger partial charge in [-0.1, -0.05) is 12.0 Å². The van der Waals surface area contributed by atoms with E-state index >= 15 is 0 Å². The normalized spacial score (nSPS) is 23.3. The van der Waals surface area contributed by atoms with Gasteiger partial charge in [0, 0.05) is 55.3 Å². The van der Waals surface area contributed by atoms with Crippen LogP contribution >= 0.6 is 0 Å². The molecule has 0 radical (unpaired) electrons. The summed E-state index contributed by atoms with van der Waals surface area (Å²) in [6, 6.07) is 13.0. The van der Waals surface area contributed by atoms with Crippen molar-refractivity contribution in [1.82, 2.24) is 14.8 Å². The molecule has 2 atom stereocenters. The molecule has 0 spiro atoms. The lowest BCUT2D eigenvalue weighted by molar-refractivity contribution is -0.189. The molecule has 8 nitrogen and oxygen atoms in total. The highest BCUT2D eigenvalue weighted by atomic mass is 19.4. The molecule has 4 aliphatic rings. The summed E-state index contributed by atoms with van der Waals surface area (Å²) in [6.07, 6.45) is 1.84. The van der Waals surface area contributed by atoms with E-state index in [1.807, 2.05) is 6.07 Å². The third-order valence-corrected chi connectivity index (χ3v) is 8.92. The molecule has 3 aliphatic heterocycles. The minimum atomic E-state index is -4.40. The largest absolute Gasteiger partial charge is 0.495 e. The molecule has 3 N–H and O–H groups in total. The lowest BCUT2D eigenvalue weighted by Gasteiger charge is -2.50. The van der Waals surface area contributed by atoms with Crippen LogP contribution in [0.15, 0.2) is 42.5 Å². The molecule has 1 saturated carbocycles. The fourth-order valence-electron chi connectivity index (χ4n) is 6.75. The second kappa shape index (κ2) is 12.6. The number of morpholine rings is 1. The molecule has 234 valence electrons. The Labute approximate surface area is 255 Å². The summed E-state index contributed by atoms with van der Waals surface area (Å²) in [6.45, 7) is 1.10. The molecular weight excluding hydrogens is 571 g/mol. The predicted octanol–water partition coefficient (Wildman–Crippen LogP) is 5.23. The van der Waals surface area contributed by atoms with E-state index in [1.165, 1.54) is 18.1 Å². The minimum Gasteiger partial charge on any atom is -0.495 e. The van der Waals surface area contributed by atoms with Gasteiger partial charge < -0.3 is 30.0 Å². The maximum absolute atomic E-state index is 13.7. The molecule has 1 aromatic heterocycles. The standard InChI is InChI=1S/C33H38F3N5O3/c1-37-32(42)21-8-13-29(31(15-21)43-2)38-14-4-5-24-16-27-28(6-3-7-30(27)41(24)20-33(34,35)36)39-22-9-11-23(12-10-22)40-18-25-17-26(19-40)44-25/h3,6-8,13,15-16,22-23,25-26,38-39H,9-12,14,17-20H2,1-2H3,(H,37,42)/t22?,23?,25-,26?/m1/s1. The molecule has 4 fully saturated rings. The number of benzene rings is 2. The number of carbonyl (C=O) groups excluding carboxylic acids is 1. The van der Waals surface area contributed by atoms with Crippen LogP contribution in [0, 0.1) is 11.8 Å². The van der Waals surface area contributed by atoms with E-state index < -0.39 is 12.7 Å². The Morgan fingerprint density at radius 1 is 1.07 bits per heavy atom. The fourth-order valence-corrected chi connectivity index (χ4v) is 6.75. The Morgan fingerprint density at radius 3 is 2.50 bits per heavy atom. The highest BCUT2D eigenvalue weighted by Crippen LogP contribution is 2.35. The average Bonchev–Trinajstić information content (AvgIpc) is 3.35. The summed E-state index contributed by atoms with van der Waals surface area (Å²) in [5.41, 5.74) is 2.70. The summed E-state index contributed by atoms with van der Waals surface area (Å²) in [5, 5.41) is 10.1. The number of carbonyl (C=O) groups is 1. The van der Waals surface area contributed by atoms with Crippen LogP contribution in [0.25, 0.3) is 10.9 Å². The summed E-state index contributed by atoms with van der Waals surface area (Å²) < 4.78 is 53.5. The zero-order chi connectivity index (χ0) is 30.8. The highest BCUT2D eigenvalue weighted by molar-refractivity contribution is 5.95. The van der Waals surface area contributed by atoms with Crippen LogP contribution in [-0.4, -0.2) is 79.6 Å². The maximum atomic E-state index is 13.7. The third kappa shape index (κ3) is 6.61. The Balaban J connectivity index is 1.16. The van der Waals surface area contributed by atoms with Gasteiger partial charge in [-0.3, -0.25) is 9.69 Å². The number of ether oxygens (including phenoxy) is 2. The van der Waals surface area contributed by atoms with Gasteiger partial charge in [0.05, 0.1) is 42.8 Å². The Bertz CT molecular complexity index is 1550. The molecule has 1 amide bonds. The van der Waals surface area contributed by atoms with Gasteiger partial charge in [-0.15, -0.1) is 0 Å². The van der Waals surface area contributed by atoms with Crippen LogP contribution in [0.3, 0.4) is 0 Å². The molecule has 1 unspecified atom stereocenters.